The Balaban J connectivity index is 0.00000264. The average Bonchev–Trinajstić information content (AvgIpc) is 2.84. The number of hydrogen-bond donors (Lipinski definition) is 2. The maximum absolute atomic E-state index is 4.65. The van der Waals surface area contributed by atoms with Gasteiger partial charge < -0.3 is 10.6 Å². The van der Waals surface area contributed by atoms with E-state index in [2.05, 4.69) is 51.8 Å². The van der Waals surface area contributed by atoms with Crippen molar-refractivity contribution in [3.63, 3.8) is 0 Å². The minimum atomic E-state index is 0. The van der Waals surface area contributed by atoms with Gasteiger partial charge >= 0.3 is 0 Å². The van der Waals surface area contributed by atoms with Gasteiger partial charge in [0.15, 0.2) is 5.96 Å². The standard InChI is InChI=1S/C17H24N4S.HI/c1-4-18-17(19-11-10-15-8-6-5-7-9-15)20-12-16-13(2)21-14(3)22-16;/h5-9H,4,10-12H2,1-3H3,(H2,18,19,20);1H. The highest BCUT2D eigenvalue weighted by Crippen LogP contribution is 2.17. The van der Waals surface area contributed by atoms with Gasteiger partial charge in [-0.2, -0.15) is 0 Å². The van der Waals surface area contributed by atoms with E-state index >= 15 is 0 Å². The Morgan fingerprint density at radius 1 is 1.17 bits per heavy atom. The second-order valence-electron chi connectivity index (χ2n) is 5.10. The Bertz CT molecular complexity index is 610. The molecule has 23 heavy (non-hydrogen) atoms. The zero-order valence-corrected chi connectivity index (χ0v) is 17.1. The first kappa shape index (κ1) is 19.9. The molecule has 6 heteroatoms. The van der Waals surface area contributed by atoms with E-state index in [0.29, 0.717) is 6.54 Å². The van der Waals surface area contributed by atoms with Gasteiger partial charge in [-0.05, 0) is 32.8 Å². The molecule has 1 aromatic heterocycles. The molecule has 2 N–H and O–H groups in total. The molecule has 2 rings (SSSR count). The number of thiazole rings is 1. The third-order valence-corrected chi connectivity index (χ3v) is 4.33. The summed E-state index contributed by atoms with van der Waals surface area (Å²) in [5.41, 5.74) is 2.42. The number of hydrogen-bond acceptors (Lipinski definition) is 3. The summed E-state index contributed by atoms with van der Waals surface area (Å²) in [5.74, 6) is 0.865. The lowest BCUT2D eigenvalue weighted by molar-refractivity contribution is 0.800. The summed E-state index contributed by atoms with van der Waals surface area (Å²) in [6, 6.07) is 10.5. The number of nitrogens with zero attached hydrogens (tertiary/aromatic N) is 2. The summed E-state index contributed by atoms with van der Waals surface area (Å²) in [5, 5.41) is 7.78. The zero-order chi connectivity index (χ0) is 15.8. The quantitative estimate of drug-likeness (QED) is 0.406. The lowest BCUT2D eigenvalue weighted by atomic mass is 10.1. The lowest BCUT2D eigenvalue weighted by Gasteiger charge is -2.11. The molecule has 0 saturated heterocycles. The van der Waals surface area contributed by atoms with E-state index in [1.54, 1.807) is 11.3 Å². The highest BCUT2D eigenvalue weighted by atomic mass is 127. The Morgan fingerprint density at radius 3 is 2.52 bits per heavy atom. The predicted molar refractivity (Wildman–Crippen MR) is 110 cm³/mol. The molecule has 126 valence electrons. The number of aliphatic imine (C=N–C) groups is 1. The Morgan fingerprint density at radius 2 is 1.91 bits per heavy atom. The van der Waals surface area contributed by atoms with Gasteiger partial charge in [-0.15, -0.1) is 35.3 Å². The number of benzene rings is 1. The largest absolute Gasteiger partial charge is 0.357 e. The highest BCUT2D eigenvalue weighted by Gasteiger charge is 2.04. The Hall–Kier alpha value is -1.15. The Labute approximate surface area is 159 Å². The van der Waals surface area contributed by atoms with Crippen molar-refractivity contribution in [3.8, 4) is 0 Å². The fraction of sp³-hybridized carbons (Fsp3) is 0.412. The molecule has 0 bridgehead atoms. The highest BCUT2D eigenvalue weighted by molar-refractivity contribution is 14.0. The normalized spacial score (nSPS) is 11.0. The fourth-order valence-corrected chi connectivity index (χ4v) is 3.04. The predicted octanol–water partition coefficient (Wildman–Crippen LogP) is 3.68. The van der Waals surface area contributed by atoms with Crippen LogP contribution >= 0.6 is 35.3 Å². The SMILES string of the molecule is CCNC(=NCc1sc(C)nc1C)NCCc1ccccc1.I. The summed E-state index contributed by atoms with van der Waals surface area (Å²) in [4.78, 5) is 10.3. The molecule has 0 unspecified atom stereocenters. The van der Waals surface area contributed by atoms with Crippen LogP contribution in [0.5, 0.6) is 0 Å². The summed E-state index contributed by atoms with van der Waals surface area (Å²) in [6.07, 6.45) is 0.990. The number of aromatic nitrogens is 1. The molecule has 0 saturated carbocycles. The molecule has 0 aliphatic heterocycles. The monoisotopic (exact) mass is 444 g/mol. The van der Waals surface area contributed by atoms with Crippen LogP contribution in [-0.4, -0.2) is 24.0 Å². The second kappa shape index (κ2) is 10.6. The maximum Gasteiger partial charge on any atom is 0.191 e. The third-order valence-electron chi connectivity index (χ3n) is 3.27. The van der Waals surface area contributed by atoms with Crippen LogP contribution < -0.4 is 10.6 Å². The molecule has 0 aliphatic rings. The van der Waals surface area contributed by atoms with Crippen LogP contribution in [0.4, 0.5) is 0 Å². The van der Waals surface area contributed by atoms with Crippen LogP contribution in [0, 0.1) is 13.8 Å². The van der Waals surface area contributed by atoms with Gasteiger partial charge in [0.25, 0.3) is 0 Å². The summed E-state index contributed by atoms with van der Waals surface area (Å²) in [7, 11) is 0. The summed E-state index contributed by atoms with van der Waals surface area (Å²) in [6.45, 7) is 8.57. The van der Waals surface area contributed by atoms with Crippen molar-refractivity contribution in [2.45, 2.75) is 33.7 Å². The minimum absolute atomic E-state index is 0. The summed E-state index contributed by atoms with van der Waals surface area (Å²) < 4.78 is 0. The van der Waals surface area contributed by atoms with Gasteiger partial charge in [-0.25, -0.2) is 9.98 Å². The minimum Gasteiger partial charge on any atom is -0.357 e. The van der Waals surface area contributed by atoms with Gasteiger partial charge in [-0.1, -0.05) is 30.3 Å². The van der Waals surface area contributed by atoms with Gasteiger partial charge in [0.05, 0.1) is 17.2 Å². The fourth-order valence-electron chi connectivity index (χ4n) is 2.18. The molecule has 0 radical (unpaired) electrons. The van der Waals surface area contributed by atoms with Crippen molar-refractivity contribution >= 4 is 41.3 Å². The van der Waals surface area contributed by atoms with Crippen LogP contribution in [-0.2, 0) is 13.0 Å². The molecule has 0 aliphatic carbocycles. The van der Waals surface area contributed by atoms with E-state index in [9.17, 15) is 0 Å². The number of nitrogens with one attached hydrogen (secondary N) is 2. The van der Waals surface area contributed by atoms with Crippen molar-refractivity contribution in [2.24, 2.45) is 4.99 Å². The van der Waals surface area contributed by atoms with Crippen molar-refractivity contribution in [2.75, 3.05) is 13.1 Å². The van der Waals surface area contributed by atoms with E-state index in [1.165, 1.54) is 10.4 Å². The first-order valence-electron chi connectivity index (χ1n) is 7.68. The molecule has 0 fully saturated rings. The topological polar surface area (TPSA) is 49.3 Å². The Kier molecular flexibility index (Phi) is 9.16. The van der Waals surface area contributed by atoms with Crippen LogP contribution in [0.1, 0.15) is 28.1 Å². The third kappa shape index (κ3) is 6.87. The van der Waals surface area contributed by atoms with Crippen LogP contribution in [0.25, 0.3) is 0 Å². The van der Waals surface area contributed by atoms with Crippen molar-refractivity contribution in [1.82, 2.24) is 15.6 Å². The molecular weight excluding hydrogens is 419 g/mol. The van der Waals surface area contributed by atoms with Crippen molar-refractivity contribution in [3.05, 3.63) is 51.5 Å². The molecule has 0 spiro atoms. The molecule has 0 amide bonds. The van der Waals surface area contributed by atoms with Crippen molar-refractivity contribution < 1.29 is 0 Å². The van der Waals surface area contributed by atoms with E-state index in [0.717, 1.165) is 36.2 Å². The van der Waals surface area contributed by atoms with Crippen molar-refractivity contribution in [1.29, 1.82) is 0 Å². The molecular formula is C17H25IN4S. The first-order valence-corrected chi connectivity index (χ1v) is 8.49. The lowest BCUT2D eigenvalue weighted by Crippen LogP contribution is -2.38. The van der Waals surface area contributed by atoms with Gasteiger partial charge in [-0.3, -0.25) is 0 Å². The molecule has 1 aromatic carbocycles. The van der Waals surface area contributed by atoms with E-state index in [4.69, 9.17) is 0 Å². The molecule has 4 nitrogen and oxygen atoms in total. The number of guanidine groups is 1. The molecule has 2 aromatic rings. The van der Waals surface area contributed by atoms with Crippen LogP contribution in [0.15, 0.2) is 35.3 Å². The average molecular weight is 444 g/mol. The molecule has 1 heterocycles. The number of rotatable bonds is 6. The second-order valence-corrected chi connectivity index (χ2v) is 6.39. The van der Waals surface area contributed by atoms with E-state index in [-0.39, 0.29) is 24.0 Å². The van der Waals surface area contributed by atoms with E-state index < -0.39 is 0 Å². The smallest absolute Gasteiger partial charge is 0.191 e. The number of aryl methyl sites for hydroxylation is 2. The van der Waals surface area contributed by atoms with Gasteiger partial charge in [0, 0.05) is 18.0 Å². The molecule has 0 atom stereocenters. The van der Waals surface area contributed by atoms with Crippen LogP contribution in [0.3, 0.4) is 0 Å². The van der Waals surface area contributed by atoms with Gasteiger partial charge in [0.2, 0.25) is 0 Å². The maximum atomic E-state index is 4.65. The first-order chi connectivity index (χ1) is 10.7. The number of halogens is 1. The van der Waals surface area contributed by atoms with Crippen LogP contribution in [0.2, 0.25) is 0 Å². The zero-order valence-electron chi connectivity index (χ0n) is 13.9. The summed E-state index contributed by atoms with van der Waals surface area (Å²) >= 11 is 1.72. The van der Waals surface area contributed by atoms with Gasteiger partial charge in [0.1, 0.15) is 0 Å². The van der Waals surface area contributed by atoms with E-state index in [1.807, 2.05) is 19.9 Å².